The van der Waals surface area contributed by atoms with Crippen molar-refractivity contribution >= 4 is 0 Å². The maximum Gasteiger partial charge on any atom is 0.144 e. The van der Waals surface area contributed by atoms with E-state index in [-0.39, 0.29) is 6.04 Å². The molecule has 18 heavy (non-hydrogen) atoms. The van der Waals surface area contributed by atoms with Gasteiger partial charge >= 0.3 is 0 Å². The van der Waals surface area contributed by atoms with Crippen LogP contribution in [0, 0.1) is 13.8 Å². The normalized spacial score (nSPS) is 21.7. The monoisotopic (exact) mass is 251 g/mol. The molecule has 2 unspecified atom stereocenters. The number of nitrogens with one attached hydrogen (secondary N) is 1. The highest BCUT2D eigenvalue weighted by molar-refractivity contribution is 5.45. The Kier molecular flexibility index (Phi) is 4.23. The minimum Gasteiger partial charge on any atom is -0.496 e. The van der Waals surface area contributed by atoms with Gasteiger partial charge in [-0.05, 0) is 50.4 Å². The standard InChI is InChI=1S/C15H22FNO/c1-10-8-11(2)14(13(9-10)18-3)15(16)12-6-4-5-7-17-12/h8-9,12,15,17H,4-7H2,1-3H3. The van der Waals surface area contributed by atoms with E-state index >= 15 is 0 Å². The number of piperidine rings is 1. The zero-order chi connectivity index (χ0) is 13.1. The molecule has 0 radical (unpaired) electrons. The van der Waals surface area contributed by atoms with Crippen molar-refractivity contribution in [1.82, 2.24) is 5.32 Å². The van der Waals surface area contributed by atoms with Gasteiger partial charge in [-0.3, -0.25) is 0 Å². The zero-order valence-electron chi connectivity index (χ0n) is 11.4. The highest BCUT2D eigenvalue weighted by Gasteiger charge is 2.28. The number of hydrogen-bond acceptors (Lipinski definition) is 2. The summed E-state index contributed by atoms with van der Waals surface area (Å²) in [6.07, 6.45) is 2.16. The lowest BCUT2D eigenvalue weighted by Gasteiger charge is -2.28. The quantitative estimate of drug-likeness (QED) is 0.888. The van der Waals surface area contributed by atoms with Crippen molar-refractivity contribution in [2.45, 2.75) is 45.3 Å². The summed E-state index contributed by atoms with van der Waals surface area (Å²) in [5, 5.41) is 3.28. The van der Waals surface area contributed by atoms with Crippen LogP contribution in [0.3, 0.4) is 0 Å². The molecule has 2 atom stereocenters. The van der Waals surface area contributed by atoms with Crippen molar-refractivity contribution in [2.24, 2.45) is 0 Å². The molecule has 0 aliphatic carbocycles. The molecule has 0 bridgehead atoms. The van der Waals surface area contributed by atoms with E-state index in [1.807, 2.05) is 26.0 Å². The van der Waals surface area contributed by atoms with Crippen LogP contribution in [-0.4, -0.2) is 19.7 Å². The van der Waals surface area contributed by atoms with Crippen LogP contribution in [0.4, 0.5) is 4.39 Å². The second-order valence-corrected chi connectivity index (χ2v) is 5.16. The number of benzene rings is 1. The first-order valence-electron chi connectivity index (χ1n) is 6.66. The smallest absolute Gasteiger partial charge is 0.144 e. The summed E-state index contributed by atoms with van der Waals surface area (Å²) in [4.78, 5) is 0. The molecule has 0 saturated carbocycles. The second-order valence-electron chi connectivity index (χ2n) is 5.16. The molecular weight excluding hydrogens is 229 g/mol. The van der Waals surface area contributed by atoms with Gasteiger partial charge in [0, 0.05) is 11.6 Å². The van der Waals surface area contributed by atoms with Crippen molar-refractivity contribution in [2.75, 3.05) is 13.7 Å². The molecule has 1 aliphatic rings. The average molecular weight is 251 g/mol. The van der Waals surface area contributed by atoms with Crippen molar-refractivity contribution in [3.8, 4) is 5.75 Å². The van der Waals surface area contributed by atoms with Crippen molar-refractivity contribution in [1.29, 1.82) is 0 Å². The van der Waals surface area contributed by atoms with E-state index in [1.165, 1.54) is 0 Å². The van der Waals surface area contributed by atoms with Gasteiger partial charge in [-0.25, -0.2) is 4.39 Å². The lowest BCUT2D eigenvalue weighted by molar-refractivity contribution is 0.215. The van der Waals surface area contributed by atoms with E-state index in [0.29, 0.717) is 11.3 Å². The Bertz CT molecular complexity index is 413. The maximum atomic E-state index is 14.7. The Morgan fingerprint density at radius 3 is 2.72 bits per heavy atom. The Morgan fingerprint density at radius 1 is 1.33 bits per heavy atom. The largest absolute Gasteiger partial charge is 0.496 e. The van der Waals surface area contributed by atoms with Crippen LogP contribution >= 0.6 is 0 Å². The first-order valence-corrected chi connectivity index (χ1v) is 6.66. The van der Waals surface area contributed by atoms with E-state index < -0.39 is 6.17 Å². The first kappa shape index (κ1) is 13.3. The van der Waals surface area contributed by atoms with Gasteiger partial charge in [0.15, 0.2) is 0 Å². The number of methoxy groups -OCH3 is 1. The molecule has 1 saturated heterocycles. The molecule has 1 heterocycles. The summed E-state index contributed by atoms with van der Waals surface area (Å²) >= 11 is 0. The molecule has 2 rings (SSSR count). The highest BCUT2D eigenvalue weighted by atomic mass is 19.1. The van der Waals surface area contributed by atoms with Gasteiger partial charge in [0.2, 0.25) is 0 Å². The van der Waals surface area contributed by atoms with Crippen LogP contribution in [0.5, 0.6) is 5.75 Å². The number of hydrogen-bond donors (Lipinski definition) is 1. The van der Waals surface area contributed by atoms with E-state index in [4.69, 9.17) is 4.74 Å². The Labute approximate surface area is 109 Å². The fourth-order valence-corrected chi connectivity index (χ4v) is 2.79. The van der Waals surface area contributed by atoms with Crippen LogP contribution in [0.2, 0.25) is 0 Å². The van der Waals surface area contributed by atoms with Gasteiger partial charge in [-0.15, -0.1) is 0 Å². The lowest BCUT2D eigenvalue weighted by Crippen LogP contribution is -2.37. The fourth-order valence-electron chi connectivity index (χ4n) is 2.79. The molecule has 0 amide bonds. The molecule has 1 aliphatic heterocycles. The molecule has 2 nitrogen and oxygen atoms in total. The van der Waals surface area contributed by atoms with Crippen molar-refractivity contribution < 1.29 is 9.13 Å². The molecule has 0 spiro atoms. The van der Waals surface area contributed by atoms with Crippen LogP contribution in [0.15, 0.2) is 12.1 Å². The van der Waals surface area contributed by atoms with Gasteiger partial charge in [-0.1, -0.05) is 12.5 Å². The van der Waals surface area contributed by atoms with Gasteiger partial charge in [0.1, 0.15) is 11.9 Å². The summed E-state index contributed by atoms with van der Waals surface area (Å²) in [7, 11) is 1.61. The molecule has 1 fully saturated rings. The molecule has 100 valence electrons. The topological polar surface area (TPSA) is 21.3 Å². The van der Waals surface area contributed by atoms with E-state index in [0.717, 1.165) is 36.9 Å². The minimum absolute atomic E-state index is 0.0749. The third kappa shape index (κ3) is 2.66. The van der Waals surface area contributed by atoms with Gasteiger partial charge in [0.05, 0.1) is 7.11 Å². The molecule has 1 aromatic rings. The summed E-state index contributed by atoms with van der Waals surface area (Å²) in [6.45, 7) is 4.88. The number of halogens is 1. The van der Waals surface area contributed by atoms with Crippen LogP contribution < -0.4 is 10.1 Å². The van der Waals surface area contributed by atoms with Gasteiger partial charge < -0.3 is 10.1 Å². The predicted octanol–water partition coefficient (Wildman–Crippen LogP) is 3.46. The SMILES string of the molecule is COc1cc(C)cc(C)c1C(F)C1CCCCN1. The summed E-state index contributed by atoms with van der Waals surface area (Å²) in [6, 6.07) is 3.86. The highest BCUT2D eigenvalue weighted by Crippen LogP contribution is 2.36. The summed E-state index contributed by atoms with van der Waals surface area (Å²) in [5.41, 5.74) is 2.80. The number of aryl methyl sites for hydroxylation is 2. The molecule has 1 aromatic carbocycles. The first-order chi connectivity index (χ1) is 8.63. The summed E-state index contributed by atoms with van der Waals surface area (Å²) in [5.74, 6) is 0.673. The van der Waals surface area contributed by atoms with E-state index in [2.05, 4.69) is 5.32 Å². The third-order valence-corrected chi connectivity index (χ3v) is 3.69. The fraction of sp³-hybridized carbons (Fsp3) is 0.600. The summed E-state index contributed by atoms with van der Waals surface area (Å²) < 4.78 is 20.1. The lowest BCUT2D eigenvalue weighted by atomic mass is 9.92. The second kappa shape index (κ2) is 5.70. The number of ether oxygens (including phenoxy) is 1. The van der Waals surface area contributed by atoms with Gasteiger partial charge in [0.25, 0.3) is 0 Å². The Morgan fingerprint density at radius 2 is 2.11 bits per heavy atom. The number of alkyl halides is 1. The van der Waals surface area contributed by atoms with Crippen LogP contribution in [-0.2, 0) is 0 Å². The Hall–Kier alpha value is -1.09. The van der Waals surface area contributed by atoms with Gasteiger partial charge in [-0.2, -0.15) is 0 Å². The van der Waals surface area contributed by atoms with Crippen molar-refractivity contribution in [3.63, 3.8) is 0 Å². The number of rotatable bonds is 3. The van der Waals surface area contributed by atoms with Crippen LogP contribution in [0.25, 0.3) is 0 Å². The average Bonchev–Trinajstić information content (AvgIpc) is 2.38. The Balaban J connectivity index is 2.30. The third-order valence-electron chi connectivity index (χ3n) is 3.69. The molecule has 3 heteroatoms. The van der Waals surface area contributed by atoms with E-state index in [9.17, 15) is 4.39 Å². The minimum atomic E-state index is -0.985. The molecule has 0 aromatic heterocycles. The van der Waals surface area contributed by atoms with Crippen LogP contribution in [0.1, 0.15) is 42.1 Å². The molecular formula is C15H22FNO. The molecule has 1 N–H and O–H groups in total. The maximum absolute atomic E-state index is 14.7. The predicted molar refractivity (Wildman–Crippen MR) is 72.0 cm³/mol. The zero-order valence-corrected chi connectivity index (χ0v) is 11.4. The van der Waals surface area contributed by atoms with Crippen molar-refractivity contribution in [3.05, 3.63) is 28.8 Å². The van der Waals surface area contributed by atoms with E-state index in [1.54, 1.807) is 7.11 Å².